The average molecular weight is 356 g/mol. The molecule has 138 valence electrons. The summed E-state index contributed by atoms with van der Waals surface area (Å²) in [6.45, 7) is 5.57. The molecule has 26 heavy (non-hydrogen) atoms. The fourth-order valence-corrected chi connectivity index (χ4v) is 2.50. The molecule has 2 aromatic carbocycles. The van der Waals surface area contributed by atoms with E-state index in [9.17, 15) is 4.79 Å². The molecule has 1 amide bonds. The Morgan fingerprint density at radius 1 is 1.08 bits per heavy atom. The molecule has 0 radical (unpaired) electrons. The molecule has 2 aromatic rings. The average Bonchev–Trinajstić information content (AvgIpc) is 2.65. The molecule has 6 heteroatoms. The number of ether oxygens (including phenoxy) is 3. The number of amides is 1. The Morgan fingerprint density at radius 2 is 1.77 bits per heavy atom. The predicted molar refractivity (Wildman–Crippen MR) is 101 cm³/mol. The van der Waals surface area contributed by atoms with Crippen LogP contribution in [-0.4, -0.2) is 32.4 Å². The minimum absolute atomic E-state index is 0.109. The Labute approximate surface area is 153 Å². The van der Waals surface area contributed by atoms with Gasteiger partial charge >= 0.3 is 0 Å². The second-order valence-corrected chi connectivity index (χ2v) is 5.81. The lowest BCUT2D eigenvalue weighted by Gasteiger charge is -2.12. The second kappa shape index (κ2) is 8.89. The van der Waals surface area contributed by atoms with Gasteiger partial charge in [-0.15, -0.1) is 0 Å². The van der Waals surface area contributed by atoms with E-state index in [-0.39, 0.29) is 12.5 Å². The minimum atomic E-state index is -0.334. The van der Waals surface area contributed by atoms with Crippen molar-refractivity contribution in [2.45, 2.75) is 20.8 Å². The van der Waals surface area contributed by atoms with Crippen LogP contribution in [0, 0.1) is 13.8 Å². The summed E-state index contributed by atoms with van der Waals surface area (Å²) in [5.74, 6) is 1.69. The van der Waals surface area contributed by atoms with Crippen molar-refractivity contribution in [3.05, 3.63) is 53.1 Å². The fraction of sp³-hybridized carbons (Fsp3) is 0.300. The normalized spacial score (nSPS) is 11.0. The predicted octanol–water partition coefficient (Wildman–Crippen LogP) is 3.24. The van der Waals surface area contributed by atoms with Gasteiger partial charge in [0.2, 0.25) is 0 Å². The van der Waals surface area contributed by atoms with Crippen molar-refractivity contribution >= 4 is 11.6 Å². The molecule has 1 N–H and O–H groups in total. The third-order valence-electron chi connectivity index (χ3n) is 3.90. The molecule has 0 fully saturated rings. The molecule has 0 atom stereocenters. The van der Waals surface area contributed by atoms with E-state index in [1.54, 1.807) is 27.2 Å². The topological polar surface area (TPSA) is 69.2 Å². The van der Waals surface area contributed by atoms with Gasteiger partial charge in [-0.2, -0.15) is 5.10 Å². The van der Waals surface area contributed by atoms with E-state index < -0.39 is 0 Å². The van der Waals surface area contributed by atoms with Crippen LogP contribution < -0.4 is 19.6 Å². The third-order valence-corrected chi connectivity index (χ3v) is 3.90. The van der Waals surface area contributed by atoms with Crippen LogP contribution >= 0.6 is 0 Å². The van der Waals surface area contributed by atoms with Gasteiger partial charge in [-0.3, -0.25) is 4.79 Å². The van der Waals surface area contributed by atoms with Crippen LogP contribution in [0.5, 0.6) is 17.2 Å². The summed E-state index contributed by atoms with van der Waals surface area (Å²) >= 11 is 0. The zero-order chi connectivity index (χ0) is 19.1. The molecule has 0 saturated heterocycles. The van der Waals surface area contributed by atoms with Gasteiger partial charge in [-0.25, -0.2) is 5.43 Å². The van der Waals surface area contributed by atoms with E-state index in [0.29, 0.717) is 17.2 Å². The van der Waals surface area contributed by atoms with Crippen LogP contribution in [0.25, 0.3) is 0 Å². The van der Waals surface area contributed by atoms with Gasteiger partial charge in [0.25, 0.3) is 5.91 Å². The molecule has 0 spiro atoms. The standard InChI is InChI=1S/C20H24N2O4/c1-13-7-6-8-14(2)20(13)26-12-19(23)22-21-15(3)17-10-9-16(24-4)11-18(17)25-5/h6-11H,12H2,1-5H3,(H,22,23)/b21-15+. The van der Waals surface area contributed by atoms with E-state index in [0.717, 1.165) is 22.4 Å². The van der Waals surface area contributed by atoms with Gasteiger partial charge in [-0.1, -0.05) is 18.2 Å². The van der Waals surface area contributed by atoms with Crippen molar-refractivity contribution in [1.82, 2.24) is 5.43 Å². The number of hydrazone groups is 1. The largest absolute Gasteiger partial charge is 0.497 e. The summed E-state index contributed by atoms with van der Waals surface area (Å²) in [7, 11) is 3.16. The van der Waals surface area contributed by atoms with Crippen LogP contribution in [0.2, 0.25) is 0 Å². The van der Waals surface area contributed by atoms with Gasteiger partial charge in [0, 0.05) is 11.6 Å². The zero-order valence-corrected chi connectivity index (χ0v) is 15.8. The smallest absolute Gasteiger partial charge is 0.277 e. The highest BCUT2D eigenvalue weighted by atomic mass is 16.5. The Hall–Kier alpha value is -3.02. The third kappa shape index (κ3) is 4.75. The van der Waals surface area contributed by atoms with Crippen molar-refractivity contribution < 1.29 is 19.0 Å². The summed E-state index contributed by atoms with van der Waals surface area (Å²) in [4.78, 5) is 12.0. The monoisotopic (exact) mass is 356 g/mol. The maximum Gasteiger partial charge on any atom is 0.277 e. The number of aryl methyl sites for hydroxylation is 2. The number of benzene rings is 2. The van der Waals surface area contributed by atoms with Gasteiger partial charge < -0.3 is 14.2 Å². The van der Waals surface area contributed by atoms with E-state index >= 15 is 0 Å². The molecule has 0 saturated carbocycles. The summed E-state index contributed by atoms with van der Waals surface area (Å²) in [6, 6.07) is 11.2. The lowest BCUT2D eigenvalue weighted by Crippen LogP contribution is -2.26. The van der Waals surface area contributed by atoms with Crippen LogP contribution in [-0.2, 0) is 4.79 Å². The van der Waals surface area contributed by atoms with Crippen LogP contribution in [0.4, 0.5) is 0 Å². The Balaban J connectivity index is 2.01. The number of nitrogens with zero attached hydrogens (tertiary/aromatic N) is 1. The molecule has 0 aromatic heterocycles. The molecule has 0 bridgehead atoms. The first-order valence-corrected chi connectivity index (χ1v) is 8.20. The van der Waals surface area contributed by atoms with E-state index in [1.165, 1.54) is 0 Å². The van der Waals surface area contributed by atoms with Crippen LogP contribution in [0.1, 0.15) is 23.6 Å². The summed E-state index contributed by atoms with van der Waals surface area (Å²) in [6.07, 6.45) is 0. The molecule has 0 aliphatic carbocycles. The zero-order valence-electron chi connectivity index (χ0n) is 15.8. The summed E-state index contributed by atoms with van der Waals surface area (Å²) in [5, 5.41) is 4.13. The van der Waals surface area contributed by atoms with E-state index in [4.69, 9.17) is 14.2 Å². The highest BCUT2D eigenvalue weighted by Crippen LogP contribution is 2.25. The lowest BCUT2D eigenvalue weighted by molar-refractivity contribution is -0.123. The Morgan fingerprint density at radius 3 is 2.38 bits per heavy atom. The van der Waals surface area contributed by atoms with Crippen molar-refractivity contribution in [3.63, 3.8) is 0 Å². The SMILES string of the molecule is COc1ccc(/C(C)=N/NC(=O)COc2c(C)cccc2C)c(OC)c1. The van der Waals surface area contributed by atoms with E-state index in [1.807, 2.05) is 44.2 Å². The Kier molecular flexibility index (Phi) is 6.60. The molecule has 0 aliphatic rings. The first-order valence-electron chi connectivity index (χ1n) is 8.20. The van der Waals surface area contributed by atoms with Gasteiger partial charge in [0.15, 0.2) is 6.61 Å². The molecule has 0 unspecified atom stereocenters. The lowest BCUT2D eigenvalue weighted by atomic mass is 10.1. The van der Waals surface area contributed by atoms with E-state index in [2.05, 4.69) is 10.5 Å². The highest BCUT2D eigenvalue weighted by molar-refractivity contribution is 6.01. The number of hydrogen-bond acceptors (Lipinski definition) is 5. The maximum absolute atomic E-state index is 12.0. The molecule has 0 heterocycles. The number of hydrogen-bond donors (Lipinski definition) is 1. The van der Waals surface area contributed by atoms with Gasteiger partial charge in [0.05, 0.1) is 19.9 Å². The number of methoxy groups -OCH3 is 2. The number of carbonyl (C=O) groups is 1. The molecule has 2 rings (SSSR count). The fourth-order valence-electron chi connectivity index (χ4n) is 2.50. The molecular formula is C20H24N2O4. The maximum atomic E-state index is 12.0. The quantitative estimate of drug-likeness (QED) is 0.611. The number of nitrogens with one attached hydrogen (secondary N) is 1. The second-order valence-electron chi connectivity index (χ2n) is 5.81. The van der Waals surface area contributed by atoms with Crippen molar-refractivity contribution in [2.24, 2.45) is 5.10 Å². The molecule has 0 aliphatic heterocycles. The summed E-state index contributed by atoms with van der Waals surface area (Å²) in [5.41, 5.74) is 5.86. The highest BCUT2D eigenvalue weighted by Gasteiger charge is 2.10. The number of rotatable bonds is 7. The molecular weight excluding hydrogens is 332 g/mol. The number of para-hydroxylation sites is 1. The van der Waals surface area contributed by atoms with Crippen molar-refractivity contribution in [1.29, 1.82) is 0 Å². The van der Waals surface area contributed by atoms with Gasteiger partial charge in [-0.05, 0) is 44.0 Å². The van der Waals surface area contributed by atoms with Crippen LogP contribution in [0.3, 0.4) is 0 Å². The number of carbonyl (C=O) groups excluding carboxylic acids is 1. The van der Waals surface area contributed by atoms with Gasteiger partial charge in [0.1, 0.15) is 17.2 Å². The van der Waals surface area contributed by atoms with Crippen molar-refractivity contribution in [2.75, 3.05) is 20.8 Å². The van der Waals surface area contributed by atoms with Crippen molar-refractivity contribution in [3.8, 4) is 17.2 Å². The first kappa shape index (κ1) is 19.3. The minimum Gasteiger partial charge on any atom is -0.497 e. The Bertz CT molecular complexity index is 795. The van der Waals surface area contributed by atoms with Crippen LogP contribution in [0.15, 0.2) is 41.5 Å². The first-order chi connectivity index (χ1) is 12.5. The molecule has 6 nitrogen and oxygen atoms in total. The summed E-state index contributed by atoms with van der Waals surface area (Å²) < 4.78 is 16.1.